The third kappa shape index (κ3) is 6.11. The number of nitriles is 1. The summed E-state index contributed by atoms with van der Waals surface area (Å²) in [6, 6.07) is 5.91. The zero-order valence-corrected chi connectivity index (χ0v) is 11.2. The molecule has 1 heterocycles. The highest BCUT2D eigenvalue weighted by Gasteiger charge is 1.96. The molecule has 0 bridgehead atoms. The predicted octanol–water partition coefficient (Wildman–Crippen LogP) is 1.35. The first kappa shape index (κ1) is 14.3. The second-order valence-corrected chi connectivity index (χ2v) is 4.48. The van der Waals surface area contributed by atoms with E-state index in [1.807, 2.05) is 31.3 Å². The SMILES string of the molecule is CCNC(=NCCSCc1ccccn1)NC#N. The second-order valence-electron chi connectivity index (χ2n) is 3.37. The van der Waals surface area contributed by atoms with Gasteiger partial charge >= 0.3 is 0 Å². The summed E-state index contributed by atoms with van der Waals surface area (Å²) in [7, 11) is 0. The zero-order chi connectivity index (χ0) is 13.1. The molecule has 0 aliphatic heterocycles. The minimum Gasteiger partial charge on any atom is -0.356 e. The molecular formula is C12H17N5S. The number of aliphatic imine (C=N–C) groups is 1. The molecule has 0 aliphatic carbocycles. The fourth-order valence-corrected chi connectivity index (χ4v) is 1.99. The average Bonchev–Trinajstić information content (AvgIpc) is 2.40. The number of thioether (sulfide) groups is 1. The van der Waals surface area contributed by atoms with E-state index in [0.717, 1.165) is 23.7 Å². The minimum absolute atomic E-state index is 0.540. The highest BCUT2D eigenvalue weighted by molar-refractivity contribution is 7.98. The first-order valence-corrected chi connectivity index (χ1v) is 6.93. The Morgan fingerprint density at radius 2 is 2.44 bits per heavy atom. The molecule has 0 aromatic carbocycles. The lowest BCUT2D eigenvalue weighted by molar-refractivity contribution is 0.910. The molecule has 0 amide bonds. The molecule has 5 nitrogen and oxygen atoms in total. The Morgan fingerprint density at radius 3 is 3.11 bits per heavy atom. The molecule has 1 aromatic heterocycles. The Bertz CT molecular complexity index is 399. The van der Waals surface area contributed by atoms with Gasteiger partial charge in [-0.2, -0.15) is 17.0 Å². The molecule has 0 aliphatic rings. The van der Waals surface area contributed by atoms with Crippen LogP contribution in [0.15, 0.2) is 29.4 Å². The number of aromatic nitrogens is 1. The molecule has 0 spiro atoms. The molecule has 2 N–H and O–H groups in total. The van der Waals surface area contributed by atoms with Gasteiger partial charge in [0.1, 0.15) is 0 Å². The molecule has 0 atom stereocenters. The van der Waals surface area contributed by atoms with E-state index < -0.39 is 0 Å². The van der Waals surface area contributed by atoms with Crippen LogP contribution in [0, 0.1) is 11.5 Å². The Kier molecular flexibility index (Phi) is 7.40. The van der Waals surface area contributed by atoms with E-state index in [1.54, 1.807) is 18.0 Å². The first-order valence-electron chi connectivity index (χ1n) is 5.78. The molecule has 6 heteroatoms. The summed E-state index contributed by atoms with van der Waals surface area (Å²) in [6.45, 7) is 3.38. The van der Waals surface area contributed by atoms with E-state index in [4.69, 9.17) is 5.26 Å². The van der Waals surface area contributed by atoms with Gasteiger partial charge in [0.25, 0.3) is 0 Å². The van der Waals surface area contributed by atoms with E-state index >= 15 is 0 Å². The maximum absolute atomic E-state index is 8.52. The highest BCUT2D eigenvalue weighted by Crippen LogP contribution is 2.08. The molecule has 18 heavy (non-hydrogen) atoms. The standard InChI is InChI=1S/C12H17N5S/c1-2-14-12(17-10-13)16-7-8-18-9-11-5-3-4-6-15-11/h3-6H,2,7-9H2,1H3,(H2,14,16,17). The van der Waals surface area contributed by atoms with E-state index in [0.29, 0.717) is 12.5 Å². The van der Waals surface area contributed by atoms with Crippen LogP contribution in [0.5, 0.6) is 0 Å². The van der Waals surface area contributed by atoms with Crippen molar-refractivity contribution < 1.29 is 0 Å². The van der Waals surface area contributed by atoms with Gasteiger partial charge in [-0.1, -0.05) is 6.07 Å². The van der Waals surface area contributed by atoms with Crippen molar-refractivity contribution in [1.29, 1.82) is 5.26 Å². The fraction of sp³-hybridized carbons (Fsp3) is 0.417. The van der Waals surface area contributed by atoms with Crippen LogP contribution in [0.1, 0.15) is 12.6 Å². The number of hydrogen-bond acceptors (Lipinski definition) is 4. The largest absolute Gasteiger partial charge is 0.356 e. The smallest absolute Gasteiger partial charge is 0.204 e. The molecule has 1 rings (SSSR count). The molecule has 0 fully saturated rings. The van der Waals surface area contributed by atoms with Crippen LogP contribution in [-0.2, 0) is 5.75 Å². The predicted molar refractivity (Wildman–Crippen MR) is 75.1 cm³/mol. The van der Waals surface area contributed by atoms with Crippen LogP contribution in [0.2, 0.25) is 0 Å². The van der Waals surface area contributed by atoms with E-state index in [9.17, 15) is 0 Å². The number of nitrogens with zero attached hydrogens (tertiary/aromatic N) is 3. The van der Waals surface area contributed by atoms with Gasteiger partial charge in [-0.25, -0.2) is 0 Å². The van der Waals surface area contributed by atoms with Gasteiger partial charge in [0.15, 0.2) is 6.19 Å². The lowest BCUT2D eigenvalue weighted by atomic mass is 10.4. The van der Waals surface area contributed by atoms with Crippen molar-refractivity contribution in [3.05, 3.63) is 30.1 Å². The van der Waals surface area contributed by atoms with Gasteiger partial charge in [-0.05, 0) is 19.1 Å². The Hall–Kier alpha value is -1.74. The molecule has 1 aromatic rings. The van der Waals surface area contributed by atoms with Crippen molar-refractivity contribution in [1.82, 2.24) is 15.6 Å². The number of guanidine groups is 1. The van der Waals surface area contributed by atoms with E-state index in [-0.39, 0.29) is 0 Å². The second kappa shape index (κ2) is 9.31. The number of hydrogen-bond donors (Lipinski definition) is 2. The fourth-order valence-electron chi connectivity index (χ4n) is 1.24. The van der Waals surface area contributed by atoms with Gasteiger partial charge in [0, 0.05) is 24.2 Å². The summed E-state index contributed by atoms with van der Waals surface area (Å²) in [6.07, 6.45) is 3.66. The van der Waals surface area contributed by atoms with Crippen molar-refractivity contribution in [2.75, 3.05) is 18.8 Å². The summed E-state index contributed by atoms with van der Waals surface area (Å²) in [5, 5.41) is 14.0. The quantitative estimate of drug-likeness (QED) is 0.266. The Balaban J connectivity index is 2.21. The first-order chi connectivity index (χ1) is 8.86. The third-order valence-corrected chi connectivity index (χ3v) is 2.97. The summed E-state index contributed by atoms with van der Waals surface area (Å²) in [5.41, 5.74) is 1.08. The average molecular weight is 263 g/mol. The lowest BCUT2D eigenvalue weighted by Gasteiger charge is -2.04. The van der Waals surface area contributed by atoms with Crippen LogP contribution < -0.4 is 10.6 Å². The van der Waals surface area contributed by atoms with Gasteiger partial charge in [0.2, 0.25) is 5.96 Å². The van der Waals surface area contributed by atoms with Crippen molar-refractivity contribution >= 4 is 17.7 Å². The van der Waals surface area contributed by atoms with Crippen LogP contribution in [0.25, 0.3) is 0 Å². The molecule has 0 unspecified atom stereocenters. The Morgan fingerprint density at radius 1 is 1.56 bits per heavy atom. The van der Waals surface area contributed by atoms with Crippen LogP contribution in [0.3, 0.4) is 0 Å². The van der Waals surface area contributed by atoms with Crippen LogP contribution in [-0.4, -0.2) is 29.8 Å². The van der Waals surface area contributed by atoms with E-state index in [1.165, 1.54) is 0 Å². The Labute approximate surface area is 112 Å². The maximum atomic E-state index is 8.52. The lowest BCUT2D eigenvalue weighted by Crippen LogP contribution is -2.34. The minimum atomic E-state index is 0.540. The summed E-state index contributed by atoms with van der Waals surface area (Å²) in [5.74, 6) is 2.33. The van der Waals surface area contributed by atoms with Crippen LogP contribution in [0.4, 0.5) is 0 Å². The molecule has 96 valence electrons. The van der Waals surface area contributed by atoms with Crippen molar-refractivity contribution in [2.45, 2.75) is 12.7 Å². The normalized spacial score (nSPS) is 10.8. The number of pyridine rings is 1. The topological polar surface area (TPSA) is 73.1 Å². The van der Waals surface area contributed by atoms with Gasteiger partial charge in [-0.15, -0.1) is 0 Å². The zero-order valence-electron chi connectivity index (χ0n) is 10.4. The number of nitrogens with one attached hydrogen (secondary N) is 2. The summed E-state index contributed by atoms with van der Waals surface area (Å²) >= 11 is 1.78. The maximum Gasteiger partial charge on any atom is 0.204 e. The molecule has 0 radical (unpaired) electrons. The van der Waals surface area contributed by atoms with E-state index in [2.05, 4.69) is 20.6 Å². The molecule has 0 saturated heterocycles. The van der Waals surface area contributed by atoms with Crippen LogP contribution >= 0.6 is 11.8 Å². The highest BCUT2D eigenvalue weighted by atomic mass is 32.2. The van der Waals surface area contributed by atoms with Gasteiger partial charge < -0.3 is 5.32 Å². The van der Waals surface area contributed by atoms with Crippen molar-refractivity contribution in [3.63, 3.8) is 0 Å². The van der Waals surface area contributed by atoms with Gasteiger partial charge in [-0.3, -0.25) is 15.3 Å². The van der Waals surface area contributed by atoms with Crippen molar-refractivity contribution in [3.8, 4) is 6.19 Å². The monoisotopic (exact) mass is 263 g/mol. The third-order valence-electron chi connectivity index (χ3n) is 2.00. The summed E-state index contributed by atoms with van der Waals surface area (Å²) < 4.78 is 0. The number of rotatable bonds is 6. The van der Waals surface area contributed by atoms with Crippen molar-refractivity contribution in [2.24, 2.45) is 4.99 Å². The molecule has 0 saturated carbocycles. The summed E-state index contributed by atoms with van der Waals surface area (Å²) in [4.78, 5) is 8.51. The molecular weight excluding hydrogens is 246 g/mol. The van der Waals surface area contributed by atoms with Gasteiger partial charge in [0.05, 0.1) is 12.2 Å².